The first-order valence-corrected chi connectivity index (χ1v) is 7.81. The summed E-state index contributed by atoms with van der Waals surface area (Å²) in [5, 5.41) is 0. The minimum atomic E-state index is -0.873. The lowest BCUT2D eigenvalue weighted by molar-refractivity contribution is 0.512. The van der Waals surface area contributed by atoms with E-state index in [4.69, 9.17) is 11.6 Å². The summed E-state index contributed by atoms with van der Waals surface area (Å²) in [6.45, 7) is 2.31. The number of benzene rings is 1. The number of halogens is 3. The second-order valence-corrected chi connectivity index (χ2v) is 5.96. The van der Waals surface area contributed by atoms with Crippen LogP contribution in [0.1, 0.15) is 16.4 Å². The van der Waals surface area contributed by atoms with Crippen molar-refractivity contribution in [1.82, 2.24) is 14.5 Å². The van der Waals surface area contributed by atoms with E-state index in [9.17, 15) is 8.78 Å². The number of imidazole rings is 1. The molecule has 3 aromatic rings. The SMILES string of the molecule is Cc1ncsc1Cn1c(CCCl)nc2ccc(F)c(F)c21. The van der Waals surface area contributed by atoms with Crippen molar-refractivity contribution < 1.29 is 8.78 Å². The Morgan fingerprint density at radius 1 is 1.33 bits per heavy atom. The first kappa shape index (κ1) is 14.4. The van der Waals surface area contributed by atoms with E-state index in [1.807, 2.05) is 6.92 Å². The van der Waals surface area contributed by atoms with Crippen molar-refractivity contribution in [2.24, 2.45) is 0 Å². The summed E-state index contributed by atoms with van der Waals surface area (Å²) >= 11 is 7.27. The molecule has 0 fully saturated rings. The molecular formula is C14H12ClF2N3S. The number of aromatic nitrogens is 3. The standard InChI is InChI=1S/C14H12ClF2N3S/c1-8-11(21-7-18-8)6-20-12(4-5-15)19-10-3-2-9(16)13(17)14(10)20/h2-3,7H,4-6H2,1H3. The van der Waals surface area contributed by atoms with E-state index in [1.165, 1.54) is 17.4 Å². The maximum absolute atomic E-state index is 14.2. The summed E-state index contributed by atoms with van der Waals surface area (Å²) in [4.78, 5) is 9.55. The normalized spacial score (nSPS) is 11.4. The fourth-order valence-electron chi connectivity index (χ4n) is 2.27. The lowest BCUT2D eigenvalue weighted by Gasteiger charge is -2.08. The molecule has 21 heavy (non-hydrogen) atoms. The Bertz CT molecular complexity index is 797. The Hall–Kier alpha value is -1.53. The number of aryl methyl sites for hydroxylation is 2. The summed E-state index contributed by atoms with van der Waals surface area (Å²) in [5.41, 5.74) is 3.25. The zero-order valence-electron chi connectivity index (χ0n) is 11.2. The van der Waals surface area contributed by atoms with Gasteiger partial charge in [0.2, 0.25) is 0 Å². The molecule has 0 bridgehead atoms. The van der Waals surface area contributed by atoms with Gasteiger partial charge < -0.3 is 4.57 Å². The lowest BCUT2D eigenvalue weighted by Crippen LogP contribution is -2.07. The maximum atomic E-state index is 14.2. The molecular weight excluding hydrogens is 316 g/mol. The zero-order valence-corrected chi connectivity index (χ0v) is 12.8. The maximum Gasteiger partial charge on any atom is 0.184 e. The van der Waals surface area contributed by atoms with E-state index < -0.39 is 11.6 Å². The van der Waals surface area contributed by atoms with E-state index in [1.54, 1.807) is 10.1 Å². The molecule has 0 spiro atoms. The minimum absolute atomic E-state index is 0.183. The van der Waals surface area contributed by atoms with Gasteiger partial charge in [-0.05, 0) is 19.1 Å². The monoisotopic (exact) mass is 327 g/mol. The van der Waals surface area contributed by atoms with Gasteiger partial charge in [0.25, 0.3) is 0 Å². The Labute approximate surface area is 129 Å². The fourth-order valence-corrected chi connectivity index (χ4v) is 3.21. The van der Waals surface area contributed by atoms with Crippen LogP contribution in [0.3, 0.4) is 0 Å². The van der Waals surface area contributed by atoms with Crippen molar-refractivity contribution in [1.29, 1.82) is 0 Å². The third kappa shape index (κ3) is 2.53. The van der Waals surface area contributed by atoms with Gasteiger partial charge >= 0.3 is 0 Å². The van der Waals surface area contributed by atoms with Crippen LogP contribution < -0.4 is 0 Å². The molecule has 0 aliphatic heterocycles. The van der Waals surface area contributed by atoms with Crippen LogP contribution >= 0.6 is 22.9 Å². The highest BCUT2D eigenvalue weighted by Crippen LogP contribution is 2.25. The Morgan fingerprint density at radius 2 is 2.14 bits per heavy atom. The van der Waals surface area contributed by atoms with Crippen LogP contribution in [0.25, 0.3) is 11.0 Å². The highest BCUT2D eigenvalue weighted by atomic mass is 35.5. The number of nitrogens with zero attached hydrogens (tertiary/aromatic N) is 3. The fraction of sp³-hybridized carbons (Fsp3) is 0.286. The number of hydrogen-bond acceptors (Lipinski definition) is 3. The van der Waals surface area contributed by atoms with E-state index in [0.29, 0.717) is 30.2 Å². The van der Waals surface area contributed by atoms with Gasteiger partial charge in [0, 0.05) is 17.2 Å². The van der Waals surface area contributed by atoms with Gasteiger partial charge in [-0.2, -0.15) is 0 Å². The van der Waals surface area contributed by atoms with Crippen molar-refractivity contribution >= 4 is 34.0 Å². The minimum Gasteiger partial charge on any atom is -0.320 e. The molecule has 2 heterocycles. The Kier molecular flexibility index (Phi) is 3.91. The largest absolute Gasteiger partial charge is 0.320 e. The van der Waals surface area contributed by atoms with E-state index in [0.717, 1.165) is 16.6 Å². The van der Waals surface area contributed by atoms with Crippen molar-refractivity contribution in [3.05, 3.63) is 45.7 Å². The number of thiazole rings is 1. The van der Waals surface area contributed by atoms with Gasteiger partial charge in [-0.3, -0.25) is 0 Å². The van der Waals surface area contributed by atoms with Gasteiger partial charge in [0.1, 0.15) is 11.3 Å². The first-order valence-electron chi connectivity index (χ1n) is 6.40. The van der Waals surface area contributed by atoms with Crippen LogP contribution in [0, 0.1) is 18.6 Å². The number of hydrogen-bond donors (Lipinski definition) is 0. The molecule has 110 valence electrons. The molecule has 3 rings (SSSR count). The molecule has 0 N–H and O–H groups in total. The molecule has 1 aromatic carbocycles. The van der Waals surface area contributed by atoms with Crippen molar-refractivity contribution in [2.75, 3.05) is 5.88 Å². The predicted octanol–water partition coefficient (Wildman–Crippen LogP) is 3.91. The third-order valence-electron chi connectivity index (χ3n) is 3.34. The van der Waals surface area contributed by atoms with Crippen molar-refractivity contribution in [3.8, 4) is 0 Å². The van der Waals surface area contributed by atoms with Crippen LogP contribution in [0.4, 0.5) is 8.78 Å². The van der Waals surface area contributed by atoms with Gasteiger partial charge in [-0.15, -0.1) is 22.9 Å². The molecule has 0 saturated carbocycles. The molecule has 0 aliphatic rings. The van der Waals surface area contributed by atoms with Gasteiger partial charge in [-0.1, -0.05) is 0 Å². The van der Waals surface area contributed by atoms with Crippen LogP contribution in [0.5, 0.6) is 0 Å². The summed E-state index contributed by atoms with van der Waals surface area (Å²) in [6, 6.07) is 2.58. The van der Waals surface area contributed by atoms with E-state index >= 15 is 0 Å². The first-order chi connectivity index (χ1) is 10.1. The molecule has 2 aromatic heterocycles. The van der Waals surface area contributed by atoms with E-state index in [-0.39, 0.29) is 5.52 Å². The molecule has 0 amide bonds. The number of rotatable bonds is 4. The van der Waals surface area contributed by atoms with Crippen molar-refractivity contribution in [2.45, 2.75) is 19.9 Å². The molecule has 3 nitrogen and oxygen atoms in total. The number of fused-ring (bicyclic) bond motifs is 1. The van der Waals surface area contributed by atoms with Gasteiger partial charge in [-0.25, -0.2) is 18.7 Å². The summed E-state index contributed by atoms with van der Waals surface area (Å²) in [5.74, 6) is -0.725. The summed E-state index contributed by atoms with van der Waals surface area (Å²) in [7, 11) is 0. The highest BCUT2D eigenvalue weighted by molar-refractivity contribution is 7.09. The summed E-state index contributed by atoms with van der Waals surface area (Å²) in [6.07, 6.45) is 0.495. The van der Waals surface area contributed by atoms with Crippen LogP contribution in [-0.4, -0.2) is 20.4 Å². The van der Waals surface area contributed by atoms with E-state index in [2.05, 4.69) is 9.97 Å². The zero-order chi connectivity index (χ0) is 15.0. The quantitative estimate of drug-likeness (QED) is 0.680. The second kappa shape index (κ2) is 5.69. The molecule has 7 heteroatoms. The van der Waals surface area contributed by atoms with Crippen LogP contribution in [-0.2, 0) is 13.0 Å². The average Bonchev–Trinajstić information content (AvgIpc) is 3.01. The van der Waals surface area contributed by atoms with Crippen LogP contribution in [0.2, 0.25) is 0 Å². The molecule has 0 aliphatic carbocycles. The topological polar surface area (TPSA) is 30.7 Å². The van der Waals surface area contributed by atoms with Crippen molar-refractivity contribution in [3.63, 3.8) is 0 Å². The van der Waals surface area contributed by atoms with Gasteiger partial charge in [0.05, 0.1) is 23.3 Å². The number of alkyl halides is 1. The third-order valence-corrected chi connectivity index (χ3v) is 4.45. The van der Waals surface area contributed by atoms with Gasteiger partial charge in [0.15, 0.2) is 11.6 Å². The average molecular weight is 328 g/mol. The molecule has 0 saturated heterocycles. The Balaban J connectivity index is 2.19. The van der Waals surface area contributed by atoms with Crippen LogP contribution in [0.15, 0.2) is 17.6 Å². The molecule has 0 radical (unpaired) electrons. The summed E-state index contributed by atoms with van der Waals surface area (Å²) < 4.78 is 29.4. The Morgan fingerprint density at radius 3 is 2.81 bits per heavy atom. The second-order valence-electron chi connectivity index (χ2n) is 4.64. The highest BCUT2D eigenvalue weighted by Gasteiger charge is 2.18. The lowest BCUT2D eigenvalue weighted by atomic mass is 10.3. The predicted molar refractivity (Wildman–Crippen MR) is 80.0 cm³/mol. The molecule has 0 atom stereocenters. The smallest absolute Gasteiger partial charge is 0.184 e. The molecule has 0 unspecified atom stereocenters.